The van der Waals surface area contributed by atoms with E-state index in [1.807, 2.05) is 31.3 Å². The summed E-state index contributed by atoms with van der Waals surface area (Å²) in [4.78, 5) is 0. The van der Waals surface area contributed by atoms with Crippen LogP contribution in [0.1, 0.15) is 11.1 Å². The number of benzene rings is 1. The van der Waals surface area contributed by atoms with Crippen LogP contribution in [0.4, 0.5) is 0 Å². The van der Waals surface area contributed by atoms with Crippen LogP contribution in [0.15, 0.2) is 24.3 Å². The number of hydrogen-bond donors (Lipinski definition) is 2. The molecule has 0 aliphatic carbocycles. The smallest absolute Gasteiger partial charge is 0.0681 e. The fraction of sp³-hybridized carbons (Fsp3) is 0.273. The van der Waals surface area contributed by atoms with Crippen LogP contribution < -0.4 is 5.32 Å². The molecule has 1 aromatic carbocycles. The molecule has 2 N–H and O–H groups in total. The second-order valence-corrected chi connectivity index (χ2v) is 2.69. The molecule has 0 heterocycles. The van der Waals surface area contributed by atoms with E-state index in [0.29, 0.717) is 6.54 Å². The highest BCUT2D eigenvalue weighted by Gasteiger charge is 1.88. The quantitative estimate of drug-likeness (QED) is 0.650. The molecule has 0 saturated heterocycles. The second kappa shape index (κ2) is 5.36. The summed E-state index contributed by atoms with van der Waals surface area (Å²) in [5, 5.41) is 11.7. The van der Waals surface area contributed by atoms with Gasteiger partial charge in [0.25, 0.3) is 0 Å². The Morgan fingerprint density at radius 3 is 2.54 bits per heavy atom. The molecule has 0 aliphatic rings. The summed E-state index contributed by atoms with van der Waals surface area (Å²) in [6.07, 6.45) is 0. The predicted molar refractivity (Wildman–Crippen MR) is 53.2 cm³/mol. The topological polar surface area (TPSA) is 32.3 Å². The number of hydrogen-bond acceptors (Lipinski definition) is 2. The second-order valence-electron chi connectivity index (χ2n) is 2.69. The Balaban J connectivity index is 2.65. The third-order valence-corrected chi connectivity index (χ3v) is 1.63. The minimum absolute atomic E-state index is 0.0875. The zero-order valence-electron chi connectivity index (χ0n) is 7.67. The van der Waals surface area contributed by atoms with Gasteiger partial charge >= 0.3 is 0 Å². The lowest BCUT2D eigenvalue weighted by molar-refractivity contribution is 0.282. The van der Waals surface area contributed by atoms with Crippen molar-refractivity contribution in [2.24, 2.45) is 0 Å². The molecule has 0 unspecified atom stereocenters. The van der Waals surface area contributed by atoms with Gasteiger partial charge in [-0.25, -0.2) is 0 Å². The molecule has 0 bridgehead atoms. The highest BCUT2D eigenvalue weighted by molar-refractivity contribution is 5.36. The Morgan fingerprint density at radius 1 is 1.31 bits per heavy atom. The van der Waals surface area contributed by atoms with E-state index in [4.69, 9.17) is 5.11 Å². The average molecular weight is 175 g/mol. The van der Waals surface area contributed by atoms with Gasteiger partial charge in [0.15, 0.2) is 0 Å². The maximum atomic E-state index is 8.80. The molecule has 1 aromatic rings. The van der Waals surface area contributed by atoms with E-state index in [-0.39, 0.29) is 6.61 Å². The van der Waals surface area contributed by atoms with Gasteiger partial charge in [-0.1, -0.05) is 24.0 Å². The van der Waals surface area contributed by atoms with Crippen molar-refractivity contribution in [2.75, 3.05) is 13.6 Å². The van der Waals surface area contributed by atoms with Gasteiger partial charge in [0, 0.05) is 5.56 Å². The van der Waals surface area contributed by atoms with Gasteiger partial charge in [-0.05, 0) is 24.7 Å². The molecule has 13 heavy (non-hydrogen) atoms. The lowest BCUT2D eigenvalue weighted by Crippen LogP contribution is -2.04. The Morgan fingerprint density at radius 2 is 2.00 bits per heavy atom. The van der Waals surface area contributed by atoms with Crippen LogP contribution in [0.3, 0.4) is 0 Å². The first-order chi connectivity index (χ1) is 6.36. The molecule has 2 heteroatoms. The Hall–Kier alpha value is -1.30. The number of aliphatic hydroxyl groups is 1. The summed E-state index contributed by atoms with van der Waals surface area (Å²) in [5.41, 5.74) is 1.90. The zero-order chi connectivity index (χ0) is 9.52. The summed E-state index contributed by atoms with van der Waals surface area (Å²) >= 11 is 0. The van der Waals surface area contributed by atoms with Crippen LogP contribution in [-0.2, 0) is 6.61 Å². The van der Waals surface area contributed by atoms with Crippen molar-refractivity contribution >= 4 is 0 Å². The largest absolute Gasteiger partial charge is 0.392 e. The molecule has 0 saturated carbocycles. The van der Waals surface area contributed by atoms with Crippen LogP contribution in [0.5, 0.6) is 0 Å². The first-order valence-corrected chi connectivity index (χ1v) is 4.20. The Bertz CT molecular complexity index is 305. The van der Waals surface area contributed by atoms with Crippen molar-refractivity contribution in [3.63, 3.8) is 0 Å². The molecular formula is C11H13NO. The zero-order valence-corrected chi connectivity index (χ0v) is 7.67. The fourth-order valence-electron chi connectivity index (χ4n) is 0.928. The fourth-order valence-corrected chi connectivity index (χ4v) is 0.928. The van der Waals surface area contributed by atoms with Crippen molar-refractivity contribution in [3.8, 4) is 11.8 Å². The summed E-state index contributed by atoms with van der Waals surface area (Å²) in [5.74, 6) is 5.97. The maximum Gasteiger partial charge on any atom is 0.0681 e. The number of rotatable bonds is 2. The SMILES string of the molecule is CNCC#Cc1ccc(CO)cc1. The number of aliphatic hydroxyl groups excluding tert-OH is 1. The van der Waals surface area contributed by atoms with Crippen LogP contribution in [-0.4, -0.2) is 18.7 Å². The van der Waals surface area contributed by atoms with E-state index in [2.05, 4.69) is 17.2 Å². The first kappa shape index (κ1) is 9.79. The Kier molecular flexibility index (Phi) is 4.04. The molecule has 0 aliphatic heterocycles. The molecule has 0 aromatic heterocycles. The van der Waals surface area contributed by atoms with Crippen molar-refractivity contribution in [1.29, 1.82) is 0 Å². The summed E-state index contributed by atoms with van der Waals surface area (Å²) in [7, 11) is 1.86. The van der Waals surface area contributed by atoms with Gasteiger partial charge in [0.1, 0.15) is 0 Å². The van der Waals surface area contributed by atoms with Crippen molar-refractivity contribution in [3.05, 3.63) is 35.4 Å². The normalized spacial score (nSPS) is 9.08. The molecule has 68 valence electrons. The van der Waals surface area contributed by atoms with Crippen LogP contribution in [0.25, 0.3) is 0 Å². The number of nitrogens with one attached hydrogen (secondary N) is 1. The molecule has 0 atom stereocenters. The van der Waals surface area contributed by atoms with Crippen LogP contribution >= 0.6 is 0 Å². The monoisotopic (exact) mass is 175 g/mol. The van der Waals surface area contributed by atoms with Gasteiger partial charge in [-0.3, -0.25) is 0 Å². The Labute approximate surface area is 78.6 Å². The van der Waals surface area contributed by atoms with Gasteiger partial charge in [-0.15, -0.1) is 0 Å². The third-order valence-electron chi connectivity index (χ3n) is 1.63. The molecule has 0 fully saturated rings. The van der Waals surface area contributed by atoms with Gasteiger partial charge < -0.3 is 10.4 Å². The van der Waals surface area contributed by atoms with Gasteiger partial charge in [-0.2, -0.15) is 0 Å². The molecule has 0 radical (unpaired) electrons. The first-order valence-electron chi connectivity index (χ1n) is 4.20. The highest BCUT2D eigenvalue weighted by atomic mass is 16.3. The van der Waals surface area contributed by atoms with E-state index in [0.717, 1.165) is 11.1 Å². The molecule has 1 rings (SSSR count). The summed E-state index contributed by atoms with van der Waals surface area (Å²) in [6, 6.07) is 7.58. The predicted octanol–water partition coefficient (Wildman–Crippen LogP) is 0.750. The van der Waals surface area contributed by atoms with Gasteiger partial charge in [0.05, 0.1) is 13.2 Å². The lowest BCUT2D eigenvalue weighted by Gasteiger charge is -1.94. The minimum atomic E-state index is 0.0875. The average Bonchev–Trinajstić information content (AvgIpc) is 2.19. The van der Waals surface area contributed by atoms with Crippen LogP contribution in [0.2, 0.25) is 0 Å². The van der Waals surface area contributed by atoms with E-state index in [1.165, 1.54) is 0 Å². The van der Waals surface area contributed by atoms with Gasteiger partial charge in [0.2, 0.25) is 0 Å². The highest BCUT2D eigenvalue weighted by Crippen LogP contribution is 2.02. The maximum absolute atomic E-state index is 8.80. The lowest BCUT2D eigenvalue weighted by atomic mass is 10.1. The van der Waals surface area contributed by atoms with Crippen LogP contribution in [0, 0.1) is 11.8 Å². The standard InChI is InChI=1S/C11H13NO/c1-12-8-2-3-10-4-6-11(9-13)7-5-10/h4-7,12-13H,8-9H2,1H3. The van der Waals surface area contributed by atoms with E-state index >= 15 is 0 Å². The van der Waals surface area contributed by atoms with E-state index in [1.54, 1.807) is 0 Å². The van der Waals surface area contributed by atoms with E-state index in [9.17, 15) is 0 Å². The van der Waals surface area contributed by atoms with E-state index < -0.39 is 0 Å². The molecular weight excluding hydrogens is 162 g/mol. The molecule has 0 amide bonds. The van der Waals surface area contributed by atoms with Crippen molar-refractivity contribution in [1.82, 2.24) is 5.32 Å². The molecule has 0 spiro atoms. The summed E-state index contributed by atoms with van der Waals surface area (Å²) in [6.45, 7) is 0.784. The third kappa shape index (κ3) is 3.29. The molecule has 2 nitrogen and oxygen atoms in total. The van der Waals surface area contributed by atoms with Crippen molar-refractivity contribution < 1.29 is 5.11 Å². The minimum Gasteiger partial charge on any atom is -0.392 e. The summed E-state index contributed by atoms with van der Waals surface area (Å²) < 4.78 is 0. The van der Waals surface area contributed by atoms with Crippen molar-refractivity contribution in [2.45, 2.75) is 6.61 Å².